The van der Waals surface area contributed by atoms with Gasteiger partial charge in [0, 0.05) is 26.6 Å². The van der Waals surface area contributed by atoms with Gasteiger partial charge in [-0.15, -0.1) is 0 Å². The normalized spacial score (nSPS) is 12.2. The van der Waals surface area contributed by atoms with Crippen molar-refractivity contribution in [2.75, 3.05) is 24.2 Å². The molecule has 1 N–H and O–H groups in total. The van der Waals surface area contributed by atoms with Crippen LogP contribution in [0.1, 0.15) is 42.9 Å². The monoisotopic (exact) mass is 473 g/mol. The van der Waals surface area contributed by atoms with Crippen LogP contribution in [0.15, 0.2) is 48.5 Å². The number of carbonyl (C=O) groups is 2. The van der Waals surface area contributed by atoms with Gasteiger partial charge in [0.2, 0.25) is 21.8 Å². The molecule has 0 heterocycles. The molecule has 0 aliphatic heterocycles. The summed E-state index contributed by atoms with van der Waals surface area (Å²) < 4.78 is 26.1. The van der Waals surface area contributed by atoms with E-state index >= 15 is 0 Å². The van der Waals surface area contributed by atoms with E-state index in [2.05, 4.69) is 5.32 Å². The van der Waals surface area contributed by atoms with Gasteiger partial charge in [0.05, 0.1) is 11.9 Å². The molecule has 2 amide bonds. The van der Waals surface area contributed by atoms with E-state index in [4.69, 9.17) is 0 Å². The van der Waals surface area contributed by atoms with Crippen LogP contribution >= 0.6 is 0 Å². The van der Waals surface area contributed by atoms with E-state index in [1.807, 2.05) is 63.2 Å². The number of anilines is 1. The molecule has 0 aromatic heterocycles. The minimum Gasteiger partial charge on any atom is -0.357 e. The minimum absolute atomic E-state index is 0.136. The van der Waals surface area contributed by atoms with Crippen molar-refractivity contribution in [3.05, 3.63) is 65.2 Å². The first-order valence-corrected chi connectivity index (χ1v) is 13.0. The maximum absolute atomic E-state index is 13.2. The van der Waals surface area contributed by atoms with Crippen molar-refractivity contribution in [2.24, 2.45) is 0 Å². The largest absolute Gasteiger partial charge is 0.357 e. The molecular formula is C25H35N3O4S. The SMILES string of the molecule is CC[C@@H](C(=O)NC)N(Cc1ccc(C)cc1)C(=O)CCCN(c1cccc(C)c1)S(C)(=O)=O. The fourth-order valence-corrected chi connectivity index (χ4v) is 4.72. The van der Waals surface area contributed by atoms with Crippen LogP contribution in [0.25, 0.3) is 0 Å². The molecule has 2 rings (SSSR count). The average Bonchev–Trinajstić information content (AvgIpc) is 2.76. The highest BCUT2D eigenvalue weighted by atomic mass is 32.2. The number of carbonyl (C=O) groups excluding carboxylic acids is 2. The second-order valence-electron chi connectivity index (χ2n) is 8.32. The Bertz CT molecular complexity index is 1050. The molecule has 2 aromatic rings. The third-order valence-corrected chi connectivity index (χ3v) is 6.74. The van der Waals surface area contributed by atoms with Crippen molar-refractivity contribution in [3.63, 3.8) is 0 Å². The second kappa shape index (κ2) is 11.8. The molecule has 0 aliphatic rings. The molecule has 2 aromatic carbocycles. The predicted molar refractivity (Wildman–Crippen MR) is 132 cm³/mol. The maximum atomic E-state index is 13.2. The first-order chi connectivity index (χ1) is 15.6. The van der Waals surface area contributed by atoms with Crippen LogP contribution in [0.5, 0.6) is 0 Å². The second-order valence-corrected chi connectivity index (χ2v) is 10.2. The summed E-state index contributed by atoms with van der Waals surface area (Å²) in [7, 11) is -1.94. The molecule has 0 radical (unpaired) electrons. The number of benzene rings is 2. The lowest BCUT2D eigenvalue weighted by Crippen LogP contribution is -2.48. The Kier molecular flexibility index (Phi) is 9.46. The van der Waals surface area contributed by atoms with Gasteiger partial charge in [-0.25, -0.2) is 8.42 Å². The lowest BCUT2D eigenvalue weighted by atomic mass is 10.1. The van der Waals surface area contributed by atoms with Gasteiger partial charge in [-0.2, -0.15) is 0 Å². The quantitative estimate of drug-likeness (QED) is 0.542. The summed E-state index contributed by atoms with van der Waals surface area (Å²) in [6.45, 7) is 6.27. The molecule has 0 unspecified atom stereocenters. The van der Waals surface area contributed by atoms with Crippen LogP contribution in [0.2, 0.25) is 0 Å². The molecule has 8 heteroatoms. The van der Waals surface area contributed by atoms with Crippen molar-refractivity contribution in [2.45, 2.75) is 52.6 Å². The Labute approximate surface area is 197 Å². The fraction of sp³-hybridized carbons (Fsp3) is 0.440. The van der Waals surface area contributed by atoms with E-state index in [0.29, 0.717) is 25.1 Å². The lowest BCUT2D eigenvalue weighted by molar-refractivity contribution is -0.141. The first-order valence-electron chi connectivity index (χ1n) is 11.2. The smallest absolute Gasteiger partial charge is 0.242 e. The number of likely N-dealkylation sites (N-methyl/N-ethyl adjacent to an activating group) is 1. The minimum atomic E-state index is -3.50. The van der Waals surface area contributed by atoms with Crippen molar-refractivity contribution in [1.82, 2.24) is 10.2 Å². The number of nitrogens with zero attached hydrogens (tertiary/aromatic N) is 2. The topological polar surface area (TPSA) is 86.8 Å². The van der Waals surface area contributed by atoms with Gasteiger partial charge < -0.3 is 10.2 Å². The van der Waals surface area contributed by atoms with Gasteiger partial charge in [0.1, 0.15) is 6.04 Å². The Morgan fingerprint density at radius 1 is 1.03 bits per heavy atom. The van der Waals surface area contributed by atoms with Crippen LogP contribution in [0, 0.1) is 13.8 Å². The van der Waals surface area contributed by atoms with Crippen molar-refractivity contribution in [3.8, 4) is 0 Å². The predicted octanol–water partition coefficient (Wildman–Crippen LogP) is 3.40. The van der Waals surface area contributed by atoms with E-state index in [1.165, 1.54) is 10.6 Å². The zero-order valence-electron chi connectivity index (χ0n) is 20.2. The summed E-state index contributed by atoms with van der Waals surface area (Å²) in [5.74, 6) is -0.390. The van der Waals surface area contributed by atoms with Gasteiger partial charge in [-0.1, -0.05) is 48.9 Å². The fourth-order valence-electron chi connectivity index (χ4n) is 3.76. The zero-order chi connectivity index (χ0) is 24.6. The van der Waals surface area contributed by atoms with Crippen LogP contribution < -0.4 is 9.62 Å². The molecule has 0 spiro atoms. The van der Waals surface area contributed by atoms with Crippen LogP contribution in [-0.4, -0.2) is 51.0 Å². The van der Waals surface area contributed by atoms with Crippen molar-refractivity contribution in [1.29, 1.82) is 0 Å². The van der Waals surface area contributed by atoms with Gasteiger partial charge in [0.15, 0.2) is 0 Å². The number of hydrogen-bond donors (Lipinski definition) is 1. The highest BCUT2D eigenvalue weighted by Crippen LogP contribution is 2.20. The van der Waals surface area contributed by atoms with E-state index < -0.39 is 16.1 Å². The van der Waals surface area contributed by atoms with E-state index in [0.717, 1.165) is 16.7 Å². The summed E-state index contributed by atoms with van der Waals surface area (Å²) in [5.41, 5.74) is 3.59. The highest BCUT2D eigenvalue weighted by molar-refractivity contribution is 7.92. The highest BCUT2D eigenvalue weighted by Gasteiger charge is 2.28. The summed E-state index contributed by atoms with van der Waals surface area (Å²) in [4.78, 5) is 27.3. The average molecular weight is 474 g/mol. The van der Waals surface area contributed by atoms with Crippen LogP contribution in [-0.2, 0) is 26.2 Å². The Morgan fingerprint density at radius 3 is 2.24 bits per heavy atom. The number of hydrogen-bond acceptors (Lipinski definition) is 4. The third kappa shape index (κ3) is 7.60. The summed E-state index contributed by atoms with van der Waals surface area (Å²) in [6.07, 6.45) is 2.13. The first kappa shape index (κ1) is 26.4. The summed E-state index contributed by atoms with van der Waals surface area (Å²) in [5, 5.41) is 2.65. The van der Waals surface area contributed by atoms with E-state index in [-0.39, 0.29) is 24.8 Å². The molecule has 0 aliphatic carbocycles. The molecule has 0 saturated carbocycles. The lowest BCUT2D eigenvalue weighted by Gasteiger charge is -2.31. The van der Waals surface area contributed by atoms with Crippen molar-refractivity contribution < 1.29 is 18.0 Å². The third-order valence-electron chi connectivity index (χ3n) is 5.55. The zero-order valence-corrected chi connectivity index (χ0v) is 21.0. The molecular weight excluding hydrogens is 438 g/mol. The van der Waals surface area contributed by atoms with Crippen molar-refractivity contribution >= 4 is 27.5 Å². The molecule has 0 bridgehead atoms. The molecule has 33 heavy (non-hydrogen) atoms. The van der Waals surface area contributed by atoms with Gasteiger partial charge in [0.25, 0.3) is 0 Å². The summed E-state index contributed by atoms with van der Waals surface area (Å²) in [6, 6.07) is 14.5. The molecule has 7 nitrogen and oxygen atoms in total. The molecule has 1 atom stereocenters. The van der Waals surface area contributed by atoms with Gasteiger partial charge in [-0.05, 0) is 49.9 Å². The van der Waals surface area contributed by atoms with Crippen LogP contribution in [0.3, 0.4) is 0 Å². The number of sulfonamides is 1. The number of amides is 2. The summed E-state index contributed by atoms with van der Waals surface area (Å²) >= 11 is 0. The number of rotatable bonds is 11. The number of nitrogens with one attached hydrogen (secondary N) is 1. The number of aryl methyl sites for hydroxylation is 2. The molecule has 0 saturated heterocycles. The standard InChI is InChI=1S/C25H35N3O4S/c1-6-23(25(30)26-4)27(18-21-14-12-19(2)13-15-21)24(29)11-8-16-28(33(5,31)32)22-10-7-9-20(3)17-22/h7,9-10,12-15,17,23H,6,8,11,16,18H2,1-5H3,(H,26,30)/t23-/m0/s1. The van der Waals surface area contributed by atoms with Gasteiger partial charge >= 0.3 is 0 Å². The van der Waals surface area contributed by atoms with Crippen LogP contribution in [0.4, 0.5) is 5.69 Å². The van der Waals surface area contributed by atoms with Gasteiger partial charge in [-0.3, -0.25) is 13.9 Å². The Hall–Kier alpha value is -2.87. The maximum Gasteiger partial charge on any atom is 0.242 e. The molecule has 180 valence electrons. The van der Waals surface area contributed by atoms with E-state index in [9.17, 15) is 18.0 Å². The Morgan fingerprint density at radius 2 is 1.70 bits per heavy atom. The Balaban J connectivity index is 2.18. The van der Waals surface area contributed by atoms with E-state index in [1.54, 1.807) is 18.0 Å². The molecule has 0 fully saturated rings.